The van der Waals surface area contributed by atoms with E-state index in [-0.39, 0.29) is 23.9 Å². The molecule has 1 saturated heterocycles. The van der Waals surface area contributed by atoms with E-state index >= 15 is 0 Å². The Labute approximate surface area is 173 Å². The fraction of sp³-hybridized carbons (Fsp3) is 0.286. The van der Waals surface area contributed by atoms with Gasteiger partial charge in [0, 0.05) is 29.4 Å². The number of benzene rings is 2. The maximum atomic E-state index is 12.9. The van der Waals surface area contributed by atoms with Gasteiger partial charge in [-0.25, -0.2) is 0 Å². The highest BCUT2D eigenvalue weighted by molar-refractivity contribution is 6.01. The standard InChI is InChI=1S/C21H22N4O5/c1-13-11-15(6-9-17(13)25(29)30)21(28)24-10-2-3-18(24)20(27)23-16-7-4-14(5-8-16)12-19(22)26/h4-9,11,18H,2-3,10,12H2,1H3,(H2,22,26)(H,23,27). The summed E-state index contributed by atoms with van der Waals surface area (Å²) in [5.74, 6) is -1.07. The van der Waals surface area contributed by atoms with Crippen LogP contribution in [0.1, 0.15) is 34.3 Å². The molecule has 9 heteroatoms. The van der Waals surface area contributed by atoms with Gasteiger partial charge in [0.15, 0.2) is 0 Å². The van der Waals surface area contributed by atoms with Crippen LogP contribution in [0.5, 0.6) is 0 Å². The molecule has 0 radical (unpaired) electrons. The summed E-state index contributed by atoms with van der Waals surface area (Å²) in [5.41, 5.74) is 7.12. The second-order valence-corrected chi connectivity index (χ2v) is 7.24. The first kappa shape index (κ1) is 21.0. The number of nitrogens with one attached hydrogen (secondary N) is 1. The van der Waals surface area contributed by atoms with Crippen molar-refractivity contribution >= 4 is 29.1 Å². The van der Waals surface area contributed by atoms with Crippen molar-refractivity contribution in [2.75, 3.05) is 11.9 Å². The number of nitro groups is 1. The van der Waals surface area contributed by atoms with Gasteiger partial charge in [-0.05, 0) is 49.6 Å². The van der Waals surface area contributed by atoms with Gasteiger partial charge < -0.3 is 16.0 Å². The van der Waals surface area contributed by atoms with E-state index in [9.17, 15) is 24.5 Å². The predicted molar refractivity (Wildman–Crippen MR) is 110 cm³/mol. The Morgan fingerprint density at radius 3 is 2.50 bits per heavy atom. The second kappa shape index (κ2) is 8.73. The van der Waals surface area contributed by atoms with Crippen LogP contribution < -0.4 is 11.1 Å². The van der Waals surface area contributed by atoms with Crippen LogP contribution in [-0.4, -0.2) is 40.1 Å². The summed E-state index contributed by atoms with van der Waals surface area (Å²) in [7, 11) is 0. The zero-order valence-electron chi connectivity index (χ0n) is 16.5. The van der Waals surface area contributed by atoms with E-state index < -0.39 is 16.9 Å². The van der Waals surface area contributed by atoms with Gasteiger partial charge in [0.1, 0.15) is 6.04 Å². The Morgan fingerprint density at radius 1 is 1.20 bits per heavy atom. The first-order chi connectivity index (χ1) is 14.3. The number of anilines is 1. The van der Waals surface area contributed by atoms with Gasteiger partial charge >= 0.3 is 0 Å². The monoisotopic (exact) mass is 410 g/mol. The van der Waals surface area contributed by atoms with Crippen LogP contribution in [0, 0.1) is 17.0 Å². The molecule has 3 N–H and O–H groups in total. The molecule has 2 aromatic carbocycles. The van der Waals surface area contributed by atoms with E-state index in [0.717, 1.165) is 5.56 Å². The van der Waals surface area contributed by atoms with E-state index in [2.05, 4.69) is 5.32 Å². The molecule has 156 valence electrons. The molecule has 0 bridgehead atoms. The van der Waals surface area contributed by atoms with Gasteiger partial charge in [-0.15, -0.1) is 0 Å². The fourth-order valence-electron chi connectivity index (χ4n) is 3.57. The fourth-order valence-corrected chi connectivity index (χ4v) is 3.57. The SMILES string of the molecule is Cc1cc(C(=O)N2CCCC2C(=O)Nc2ccc(CC(N)=O)cc2)ccc1[N+](=O)[O-]. The molecule has 1 atom stereocenters. The average Bonchev–Trinajstić information content (AvgIpc) is 3.18. The zero-order valence-corrected chi connectivity index (χ0v) is 16.5. The number of nitrogens with two attached hydrogens (primary N) is 1. The number of nitro benzene ring substituents is 1. The number of aryl methyl sites for hydroxylation is 1. The highest BCUT2D eigenvalue weighted by Crippen LogP contribution is 2.25. The summed E-state index contributed by atoms with van der Waals surface area (Å²) in [6.07, 6.45) is 1.34. The van der Waals surface area contributed by atoms with Crippen molar-refractivity contribution < 1.29 is 19.3 Å². The summed E-state index contributed by atoms with van der Waals surface area (Å²) in [6.45, 7) is 2.01. The van der Waals surface area contributed by atoms with Gasteiger partial charge in [0.25, 0.3) is 11.6 Å². The number of nitrogens with zero attached hydrogens (tertiary/aromatic N) is 2. The lowest BCUT2D eigenvalue weighted by Gasteiger charge is -2.24. The number of hydrogen-bond acceptors (Lipinski definition) is 5. The van der Waals surface area contributed by atoms with E-state index in [1.807, 2.05) is 0 Å². The number of carbonyl (C=O) groups is 3. The molecule has 1 heterocycles. The Balaban J connectivity index is 1.71. The Bertz CT molecular complexity index is 1000. The molecule has 0 spiro atoms. The molecular weight excluding hydrogens is 388 g/mol. The van der Waals surface area contributed by atoms with Gasteiger partial charge in [0.05, 0.1) is 11.3 Å². The molecule has 1 unspecified atom stereocenters. The van der Waals surface area contributed by atoms with Crippen molar-refractivity contribution in [3.05, 3.63) is 69.3 Å². The minimum Gasteiger partial charge on any atom is -0.369 e. The zero-order chi connectivity index (χ0) is 21.8. The van der Waals surface area contributed by atoms with E-state index in [1.54, 1.807) is 31.2 Å². The van der Waals surface area contributed by atoms with Crippen molar-refractivity contribution in [1.82, 2.24) is 4.90 Å². The van der Waals surface area contributed by atoms with Crippen LogP contribution in [0.15, 0.2) is 42.5 Å². The molecule has 1 fully saturated rings. The third-order valence-electron chi connectivity index (χ3n) is 5.06. The normalized spacial score (nSPS) is 15.6. The minimum absolute atomic E-state index is 0.0537. The number of primary amides is 1. The number of likely N-dealkylation sites (tertiary alicyclic amines) is 1. The summed E-state index contributed by atoms with van der Waals surface area (Å²) in [5, 5.41) is 13.8. The largest absolute Gasteiger partial charge is 0.369 e. The van der Waals surface area contributed by atoms with E-state index in [1.165, 1.54) is 23.1 Å². The number of rotatable bonds is 6. The van der Waals surface area contributed by atoms with Gasteiger partial charge in [0.2, 0.25) is 11.8 Å². The lowest BCUT2D eigenvalue weighted by molar-refractivity contribution is -0.385. The summed E-state index contributed by atoms with van der Waals surface area (Å²) < 4.78 is 0. The van der Waals surface area contributed by atoms with Crippen molar-refractivity contribution in [3.63, 3.8) is 0 Å². The molecule has 3 rings (SSSR count). The highest BCUT2D eigenvalue weighted by Gasteiger charge is 2.35. The third-order valence-corrected chi connectivity index (χ3v) is 5.06. The van der Waals surface area contributed by atoms with Crippen LogP contribution in [0.3, 0.4) is 0 Å². The van der Waals surface area contributed by atoms with Crippen molar-refractivity contribution in [2.24, 2.45) is 5.73 Å². The molecular formula is C21H22N4O5. The molecule has 3 amide bonds. The number of carbonyl (C=O) groups excluding carboxylic acids is 3. The molecule has 30 heavy (non-hydrogen) atoms. The smallest absolute Gasteiger partial charge is 0.272 e. The summed E-state index contributed by atoms with van der Waals surface area (Å²) in [6, 6.07) is 10.3. The second-order valence-electron chi connectivity index (χ2n) is 7.24. The molecule has 2 aromatic rings. The summed E-state index contributed by atoms with van der Waals surface area (Å²) >= 11 is 0. The van der Waals surface area contributed by atoms with Gasteiger partial charge in [-0.3, -0.25) is 24.5 Å². The lowest BCUT2D eigenvalue weighted by atomic mass is 10.1. The maximum absolute atomic E-state index is 12.9. The van der Waals surface area contributed by atoms with E-state index in [0.29, 0.717) is 36.2 Å². The molecule has 9 nitrogen and oxygen atoms in total. The quantitative estimate of drug-likeness (QED) is 0.556. The average molecular weight is 410 g/mol. The Kier molecular flexibility index (Phi) is 6.10. The van der Waals surface area contributed by atoms with Crippen molar-refractivity contribution in [3.8, 4) is 0 Å². The number of amides is 3. The Morgan fingerprint density at radius 2 is 1.90 bits per heavy atom. The molecule has 1 aliphatic rings. The molecule has 0 aromatic heterocycles. The third kappa shape index (κ3) is 4.62. The number of hydrogen-bond donors (Lipinski definition) is 2. The Hall–Kier alpha value is -3.75. The van der Waals surface area contributed by atoms with Crippen LogP contribution in [0.25, 0.3) is 0 Å². The molecule has 0 aliphatic carbocycles. The first-order valence-corrected chi connectivity index (χ1v) is 9.50. The van der Waals surface area contributed by atoms with Gasteiger partial charge in [-0.2, -0.15) is 0 Å². The van der Waals surface area contributed by atoms with Crippen molar-refractivity contribution in [1.29, 1.82) is 0 Å². The van der Waals surface area contributed by atoms with Crippen LogP contribution in [0.2, 0.25) is 0 Å². The van der Waals surface area contributed by atoms with Gasteiger partial charge in [-0.1, -0.05) is 12.1 Å². The van der Waals surface area contributed by atoms with Crippen molar-refractivity contribution in [2.45, 2.75) is 32.2 Å². The topological polar surface area (TPSA) is 136 Å². The lowest BCUT2D eigenvalue weighted by Crippen LogP contribution is -2.43. The van der Waals surface area contributed by atoms with Crippen LogP contribution in [0.4, 0.5) is 11.4 Å². The van der Waals surface area contributed by atoms with Crippen LogP contribution in [-0.2, 0) is 16.0 Å². The first-order valence-electron chi connectivity index (χ1n) is 9.50. The maximum Gasteiger partial charge on any atom is 0.272 e. The van der Waals surface area contributed by atoms with E-state index in [4.69, 9.17) is 5.73 Å². The summed E-state index contributed by atoms with van der Waals surface area (Å²) in [4.78, 5) is 48.7. The molecule has 1 aliphatic heterocycles. The minimum atomic E-state index is -0.627. The van der Waals surface area contributed by atoms with Crippen LogP contribution >= 0.6 is 0 Å². The predicted octanol–water partition coefficient (Wildman–Crippen LogP) is 2.17. The molecule has 0 saturated carbocycles. The highest BCUT2D eigenvalue weighted by atomic mass is 16.6.